The number of amides is 1. The van der Waals surface area contributed by atoms with Crippen LogP contribution in [0.3, 0.4) is 0 Å². The molecule has 0 heterocycles. The maximum absolute atomic E-state index is 12.1. The van der Waals surface area contributed by atoms with Crippen LogP contribution < -0.4 is 22.1 Å². The van der Waals surface area contributed by atoms with E-state index in [0.29, 0.717) is 32.2 Å². The van der Waals surface area contributed by atoms with E-state index in [-0.39, 0.29) is 11.9 Å². The van der Waals surface area contributed by atoms with E-state index >= 15 is 0 Å². The third-order valence-electron chi connectivity index (χ3n) is 3.63. The second-order valence-electron chi connectivity index (χ2n) is 5.34. The smallest absolute Gasteiger partial charge is 0.240 e. The summed E-state index contributed by atoms with van der Waals surface area (Å²) in [6, 6.07) is -0.654. The molecule has 1 fully saturated rings. The van der Waals surface area contributed by atoms with E-state index in [1.807, 2.05) is 6.29 Å². The van der Waals surface area contributed by atoms with Crippen LogP contribution >= 0.6 is 0 Å². The topological polar surface area (TPSA) is 134 Å². The summed E-state index contributed by atoms with van der Waals surface area (Å²) < 4.78 is 0. The molecular weight excluding hydrogens is 258 g/mol. The van der Waals surface area contributed by atoms with E-state index in [2.05, 4.69) is 10.6 Å². The fourth-order valence-electron chi connectivity index (χ4n) is 2.40. The monoisotopic (exact) mass is 282 g/mol. The van der Waals surface area contributed by atoms with E-state index in [4.69, 9.17) is 16.9 Å². The zero-order valence-electron chi connectivity index (χ0n) is 11.7. The highest BCUT2D eigenvalue weighted by Crippen LogP contribution is 2.26. The van der Waals surface area contributed by atoms with Crippen LogP contribution in [0.15, 0.2) is 0 Å². The van der Waals surface area contributed by atoms with Gasteiger partial charge in [0.25, 0.3) is 0 Å². The predicted molar refractivity (Wildman–Crippen MR) is 76.8 cm³/mol. The van der Waals surface area contributed by atoms with Gasteiger partial charge in [-0.2, -0.15) is 0 Å². The Kier molecular flexibility index (Phi) is 6.44. The molecule has 0 bridgehead atoms. The molecule has 1 aliphatic carbocycles. The van der Waals surface area contributed by atoms with Crippen LogP contribution in [0.25, 0.3) is 0 Å². The average molecular weight is 282 g/mol. The molecule has 7 N–H and O–H groups in total. The molecule has 0 saturated heterocycles. The van der Waals surface area contributed by atoms with Crippen molar-refractivity contribution < 1.29 is 9.59 Å². The summed E-state index contributed by atoms with van der Waals surface area (Å²) in [7, 11) is 0. The van der Waals surface area contributed by atoms with Crippen molar-refractivity contribution in [3.05, 3.63) is 0 Å². The Bertz CT molecular complexity index is 353. The van der Waals surface area contributed by atoms with Crippen LogP contribution in [-0.4, -0.2) is 36.3 Å². The van der Waals surface area contributed by atoms with E-state index in [1.165, 1.54) is 0 Å². The van der Waals surface area contributed by atoms with Crippen molar-refractivity contribution in [3.63, 3.8) is 0 Å². The Morgan fingerprint density at radius 1 is 1.35 bits per heavy atom. The first-order chi connectivity index (χ1) is 9.48. The van der Waals surface area contributed by atoms with Gasteiger partial charge in [0.1, 0.15) is 0 Å². The standard InChI is InChI=1S/C13H24N5O2/c14-12(15)17-8-4-5-10(9-19)18-11(20)13(16)6-2-1-3-7-13/h10H,1-8,16H2,(H,18,20)(H4,14,15,17)/t10-/m0/s1. The van der Waals surface area contributed by atoms with Crippen LogP contribution in [-0.2, 0) is 9.59 Å². The van der Waals surface area contributed by atoms with Gasteiger partial charge in [-0.25, -0.2) is 0 Å². The summed E-state index contributed by atoms with van der Waals surface area (Å²) in [6.07, 6.45) is 7.21. The molecule has 0 spiro atoms. The van der Waals surface area contributed by atoms with Crippen LogP contribution in [0.1, 0.15) is 44.9 Å². The van der Waals surface area contributed by atoms with Gasteiger partial charge in [0.2, 0.25) is 12.2 Å². The molecule has 0 aromatic heterocycles. The number of rotatable bonds is 7. The summed E-state index contributed by atoms with van der Waals surface area (Å²) in [6.45, 7) is 0.483. The first-order valence-corrected chi connectivity index (χ1v) is 7.03. The van der Waals surface area contributed by atoms with Gasteiger partial charge < -0.3 is 22.1 Å². The lowest BCUT2D eigenvalue weighted by Crippen LogP contribution is -2.57. The SMILES string of the molecule is N=C(N)NCCC[C@@H]([C]=O)NC(=O)C1(N)CCCCC1. The molecule has 0 aromatic carbocycles. The van der Waals surface area contributed by atoms with Gasteiger partial charge in [-0.05, 0) is 25.7 Å². The third-order valence-corrected chi connectivity index (χ3v) is 3.63. The lowest BCUT2D eigenvalue weighted by molar-refractivity contribution is -0.127. The van der Waals surface area contributed by atoms with E-state index in [0.717, 1.165) is 19.3 Å². The van der Waals surface area contributed by atoms with Crippen LogP contribution in [0.4, 0.5) is 0 Å². The van der Waals surface area contributed by atoms with Crippen molar-refractivity contribution in [3.8, 4) is 0 Å². The van der Waals surface area contributed by atoms with Crippen molar-refractivity contribution in [2.75, 3.05) is 6.54 Å². The number of nitrogens with one attached hydrogen (secondary N) is 3. The number of nitrogens with two attached hydrogens (primary N) is 2. The third kappa shape index (κ3) is 5.16. The Morgan fingerprint density at radius 2 is 2.00 bits per heavy atom. The Hall–Kier alpha value is -1.63. The molecule has 7 nitrogen and oxygen atoms in total. The number of hydrogen-bond acceptors (Lipinski definition) is 4. The molecule has 1 saturated carbocycles. The van der Waals surface area contributed by atoms with Gasteiger partial charge in [-0.1, -0.05) is 19.3 Å². The van der Waals surface area contributed by atoms with E-state index in [9.17, 15) is 9.59 Å². The number of guanidine groups is 1. The van der Waals surface area contributed by atoms with Crippen molar-refractivity contribution in [1.82, 2.24) is 10.6 Å². The van der Waals surface area contributed by atoms with Crippen LogP contribution in [0.2, 0.25) is 0 Å². The minimum atomic E-state index is -0.842. The van der Waals surface area contributed by atoms with Gasteiger partial charge in [-0.3, -0.25) is 15.0 Å². The average Bonchev–Trinajstić information content (AvgIpc) is 2.42. The predicted octanol–water partition coefficient (Wildman–Crippen LogP) is -0.494. The Morgan fingerprint density at radius 3 is 2.55 bits per heavy atom. The van der Waals surface area contributed by atoms with Crippen molar-refractivity contribution in [1.29, 1.82) is 5.41 Å². The Labute approximate surface area is 119 Å². The van der Waals surface area contributed by atoms with Gasteiger partial charge in [0.15, 0.2) is 5.96 Å². The molecule has 0 unspecified atom stereocenters. The zero-order valence-corrected chi connectivity index (χ0v) is 11.7. The highest BCUT2D eigenvalue weighted by Gasteiger charge is 2.36. The molecule has 113 valence electrons. The van der Waals surface area contributed by atoms with Crippen LogP contribution in [0, 0.1) is 5.41 Å². The molecule has 1 radical (unpaired) electrons. The normalized spacial score (nSPS) is 18.9. The van der Waals surface area contributed by atoms with Crippen LogP contribution in [0.5, 0.6) is 0 Å². The largest absolute Gasteiger partial charge is 0.370 e. The molecule has 1 atom stereocenters. The van der Waals surface area contributed by atoms with Crippen molar-refractivity contribution in [2.24, 2.45) is 11.5 Å². The van der Waals surface area contributed by atoms with Gasteiger partial charge in [-0.15, -0.1) is 0 Å². The fourth-order valence-corrected chi connectivity index (χ4v) is 2.40. The Balaban J connectivity index is 2.36. The highest BCUT2D eigenvalue weighted by atomic mass is 16.2. The number of hydrogen-bond donors (Lipinski definition) is 5. The maximum Gasteiger partial charge on any atom is 0.240 e. The molecule has 0 aromatic rings. The molecule has 1 aliphatic rings. The fraction of sp³-hybridized carbons (Fsp3) is 0.769. The lowest BCUT2D eigenvalue weighted by atomic mass is 9.81. The summed E-state index contributed by atoms with van der Waals surface area (Å²) in [5, 5.41) is 12.3. The highest BCUT2D eigenvalue weighted by molar-refractivity contribution is 5.88. The van der Waals surface area contributed by atoms with Gasteiger partial charge in [0.05, 0.1) is 11.6 Å². The van der Waals surface area contributed by atoms with Crippen molar-refractivity contribution in [2.45, 2.75) is 56.5 Å². The second-order valence-corrected chi connectivity index (χ2v) is 5.34. The van der Waals surface area contributed by atoms with Gasteiger partial charge >= 0.3 is 0 Å². The van der Waals surface area contributed by atoms with E-state index in [1.54, 1.807) is 0 Å². The maximum atomic E-state index is 12.1. The van der Waals surface area contributed by atoms with Gasteiger partial charge in [0, 0.05) is 6.54 Å². The minimum Gasteiger partial charge on any atom is -0.370 e. The zero-order chi connectivity index (χ0) is 15.0. The summed E-state index contributed by atoms with van der Waals surface area (Å²) in [5.41, 5.74) is 10.4. The molecule has 7 heteroatoms. The molecule has 1 amide bonds. The molecule has 0 aliphatic heterocycles. The molecule has 1 rings (SSSR count). The lowest BCUT2D eigenvalue weighted by Gasteiger charge is -2.32. The summed E-state index contributed by atoms with van der Waals surface area (Å²) in [5.74, 6) is -0.367. The van der Waals surface area contributed by atoms with E-state index < -0.39 is 11.6 Å². The number of carbonyl (C=O) groups is 1. The minimum absolute atomic E-state index is 0.108. The first-order valence-electron chi connectivity index (χ1n) is 7.03. The molecule has 20 heavy (non-hydrogen) atoms. The quantitative estimate of drug-likeness (QED) is 0.244. The van der Waals surface area contributed by atoms with Crippen molar-refractivity contribution >= 4 is 18.2 Å². The summed E-state index contributed by atoms with van der Waals surface area (Å²) >= 11 is 0. The summed E-state index contributed by atoms with van der Waals surface area (Å²) in [4.78, 5) is 23.0. The number of carbonyl (C=O) groups excluding carboxylic acids is 2. The second kappa shape index (κ2) is 7.84. The molecular formula is C13H24N5O2. The first kappa shape index (κ1) is 16.4.